The molecule has 0 spiro atoms. The van der Waals surface area contributed by atoms with Gasteiger partial charge < -0.3 is 20.4 Å². The topological polar surface area (TPSA) is 175 Å². The van der Waals surface area contributed by atoms with E-state index in [1.807, 2.05) is 53.4 Å². The SMILES string of the molecule is CCn1c(=O)n(C[C@@]2(CCc3ccc(F)s3)CCN(C(C)(C)c3ccc(C)nc3)C2)c2ccccc21.O=C(O)CC(O)(CC(=O)O)C(=O)O. The summed E-state index contributed by atoms with van der Waals surface area (Å²) in [5.74, 6) is -5.02. The molecule has 1 fully saturated rings. The van der Waals surface area contributed by atoms with Gasteiger partial charge in [-0.05, 0) is 89.4 Å². The molecule has 264 valence electrons. The summed E-state index contributed by atoms with van der Waals surface area (Å²) in [6.07, 6.45) is 2.41. The number of carboxylic acid groups (broad SMARTS) is 3. The summed E-state index contributed by atoms with van der Waals surface area (Å²) in [6.45, 7) is 11.7. The molecular formula is C35H43FN4O8S. The van der Waals surface area contributed by atoms with Crippen LogP contribution in [0.4, 0.5) is 4.39 Å². The number of nitrogens with zero attached hydrogens (tertiary/aromatic N) is 4. The zero-order valence-corrected chi connectivity index (χ0v) is 28.9. The van der Waals surface area contributed by atoms with Crippen molar-refractivity contribution in [2.24, 2.45) is 5.41 Å². The van der Waals surface area contributed by atoms with Crippen molar-refractivity contribution in [1.29, 1.82) is 0 Å². The van der Waals surface area contributed by atoms with Crippen LogP contribution in [0.3, 0.4) is 0 Å². The molecule has 0 aliphatic carbocycles. The van der Waals surface area contributed by atoms with Crippen molar-refractivity contribution in [3.8, 4) is 0 Å². The predicted octanol–water partition coefficient (Wildman–Crippen LogP) is 4.74. The minimum absolute atomic E-state index is 0.0562. The second-order valence-electron chi connectivity index (χ2n) is 13.2. The number of aliphatic carboxylic acids is 3. The Morgan fingerprint density at radius 2 is 1.61 bits per heavy atom. The van der Waals surface area contributed by atoms with Gasteiger partial charge in [0.1, 0.15) is 0 Å². The summed E-state index contributed by atoms with van der Waals surface area (Å²) in [5, 5.41) is 33.7. The first kappa shape index (κ1) is 37.4. The highest BCUT2D eigenvalue weighted by molar-refractivity contribution is 7.10. The summed E-state index contributed by atoms with van der Waals surface area (Å²) in [5.41, 5.74) is 1.23. The van der Waals surface area contributed by atoms with E-state index in [9.17, 15) is 23.6 Å². The predicted molar refractivity (Wildman–Crippen MR) is 182 cm³/mol. The van der Waals surface area contributed by atoms with Crippen molar-refractivity contribution < 1.29 is 39.2 Å². The fraction of sp³-hybridized carbons (Fsp3) is 0.457. The molecule has 0 bridgehead atoms. The lowest BCUT2D eigenvalue weighted by Gasteiger charge is -2.38. The Hall–Kier alpha value is -4.40. The van der Waals surface area contributed by atoms with Gasteiger partial charge in [-0.1, -0.05) is 18.2 Å². The zero-order chi connectivity index (χ0) is 36.1. The van der Waals surface area contributed by atoms with Crippen molar-refractivity contribution in [2.45, 2.75) is 84.0 Å². The number of carbonyl (C=O) groups is 3. The smallest absolute Gasteiger partial charge is 0.336 e. The standard InChI is InChI=1S/C29H35FN4OS.C6H8O7/c1-5-33-24-8-6-7-9-25(24)34(27(33)35)20-29(15-14-23-12-13-26(30)36-23)16-17-32(19-29)28(3,4)22-11-10-21(2)31-18-22;7-3(8)1-6(13,5(11)12)2-4(9)10/h6-13,18H,5,14-17,19-20H2,1-4H3;13H,1-2H2,(H,7,8)(H,9,10)(H,11,12)/t29-;/m0./s1. The first-order chi connectivity index (χ1) is 23.0. The number of thiophene rings is 1. The van der Waals surface area contributed by atoms with Crippen LogP contribution in [0.2, 0.25) is 0 Å². The molecule has 0 saturated carbocycles. The van der Waals surface area contributed by atoms with Crippen molar-refractivity contribution >= 4 is 40.3 Å². The Balaban J connectivity index is 0.000000355. The quantitative estimate of drug-likeness (QED) is 0.153. The number of hydrogen-bond donors (Lipinski definition) is 4. The van der Waals surface area contributed by atoms with Gasteiger partial charge in [-0.3, -0.25) is 28.6 Å². The molecule has 1 saturated heterocycles. The molecule has 4 aromatic rings. The number of fused-ring (bicyclic) bond motifs is 1. The number of pyridine rings is 1. The maximum absolute atomic E-state index is 13.7. The lowest BCUT2D eigenvalue weighted by Crippen LogP contribution is -2.43. The lowest BCUT2D eigenvalue weighted by atomic mass is 9.81. The Labute approximate surface area is 287 Å². The third-order valence-electron chi connectivity index (χ3n) is 9.40. The summed E-state index contributed by atoms with van der Waals surface area (Å²) in [4.78, 5) is 52.2. The molecule has 1 aliphatic heterocycles. The van der Waals surface area contributed by atoms with Gasteiger partial charge in [0.15, 0.2) is 10.7 Å². The van der Waals surface area contributed by atoms with Crippen LogP contribution < -0.4 is 5.69 Å². The van der Waals surface area contributed by atoms with Crippen molar-refractivity contribution in [2.75, 3.05) is 13.1 Å². The van der Waals surface area contributed by atoms with Crippen LogP contribution in [-0.2, 0) is 39.4 Å². The van der Waals surface area contributed by atoms with Crippen LogP contribution in [-0.4, -0.2) is 76.0 Å². The maximum Gasteiger partial charge on any atom is 0.336 e. The molecule has 12 nitrogen and oxygen atoms in total. The molecule has 0 unspecified atom stereocenters. The molecule has 1 atom stereocenters. The number of halogens is 1. The van der Waals surface area contributed by atoms with E-state index < -0.39 is 36.4 Å². The fourth-order valence-corrected chi connectivity index (χ4v) is 7.22. The van der Waals surface area contributed by atoms with Gasteiger partial charge in [0.2, 0.25) is 0 Å². The van der Waals surface area contributed by atoms with Gasteiger partial charge in [0.05, 0.1) is 23.9 Å². The molecule has 3 aromatic heterocycles. The van der Waals surface area contributed by atoms with E-state index in [4.69, 9.17) is 20.4 Å². The third kappa shape index (κ3) is 8.61. The van der Waals surface area contributed by atoms with Crippen LogP contribution >= 0.6 is 11.3 Å². The maximum atomic E-state index is 13.7. The largest absolute Gasteiger partial charge is 0.481 e. The van der Waals surface area contributed by atoms with E-state index in [1.54, 1.807) is 6.07 Å². The van der Waals surface area contributed by atoms with Gasteiger partial charge in [-0.15, -0.1) is 11.3 Å². The van der Waals surface area contributed by atoms with Gasteiger partial charge in [0.25, 0.3) is 0 Å². The molecule has 1 aliphatic rings. The third-order valence-corrected chi connectivity index (χ3v) is 10.3. The summed E-state index contributed by atoms with van der Waals surface area (Å²) < 4.78 is 17.6. The molecule has 49 heavy (non-hydrogen) atoms. The van der Waals surface area contributed by atoms with Gasteiger partial charge in [-0.25, -0.2) is 9.59 Å². The Morgan fingerprint density at radius 3 is 2.12 bits per heavy atom. The molecule has 5 rings (SSSR count). The van der Waals surface area contributed by atoms with Crippen LogP contribution in [0.15, 0.2) is 59.5 Å². The Kier molecular flexibility index (Phi) is 11.5. The van der Waals surface area contributed by atoms with Crippen molar-refractivity contribution in [3.63, 3.8) is 0 Å². The molecule has 0 amide bonds. The number of rotatable bonds is 13. The number of carboxylic acids is 3. The number of aryl methyl sites for hydroxylation is 3. The number of aromatic nitrogens is 3. The summed E-state index contributed by atoms with van der Waals surface area (Å²) in [6, 6.07) is 15.8. The van der Waals surface area contributed by atoms with E-state index in [2.05, 4.69) is 41.9 Å². The van der Waals surface area contributed by atoms with E-state index in [0.29, 0.717) is 13.1 Å². The van der Waals surface area contributed by atoms with Crippen LogP contribution in [0.25, 0.3) is 11.0 Å². The van der Waals surface area contributed by atoms with Crippen LogP contribution in [0, 0.1) is 17.5 Å². The molecule has 14 heteroatoms. The highest BCUT2D eigenvalue weighted by Crippen LogP contribution is 2.43. The minimum Gasteiger partial charge on any atom is -0.481 e. The van der Waals surface area contributed by atoms with E-state index in [0.717, 1.165) is 54.0 Å². The van der Waals surface area contributed by atoms with Gasteiger partial charge in [-0.2, -0.15) is 4.39 Å². The number of benzene rings is 1. The van der Waals surface area contributed by atoms with E-state index in [-0.39, 0.29) is 21.8 Å². The average Bonchev–Trinajstić information content (AvgIpc) is 3.72. The van der Waals surface area contributed by atoms with Crippen LogP contribution in [0.1, 0.15) is 62.6 Å². The number of aliphatic hydroxyl groups is 1. The average molecular weight is 699 g/mol. The Bertz CT molecular complexity index is 1850. The van der Waals surface area contributed by atoms with Crippen molar-refractivity contribution in [3.05, 3.63) is 86.5 Å². The second kappa shape index (κ2) is 15.0. The molecular weight excluding hydrogens is 655 g/mol. The Morgan fingerprint density at radius 1 is 0.980 bits per heavy atom. The first-order valence-corrected chi connectivity index (χ1v) is 16.8. The molecule has 4 heterocycles. The normalized spacial score (nSPS) is 16.8. The number of hydrogen-bond acceptors (Lipinski definition) is 8. The van der Waals surface area contributed by atoms with Crippen molar-refractivity contribution in [1.82, 2.24) is 19.0 Å². The monoisotopic (exact) mass is 698 g/mol. The molecule has 4 N–H and O–H groups in total. The molecule has 1 aromatic carbocycles. The fourth-order valence-electron chi connectivity index (χ4n) is 6.49. The summed E-state index contributed by atoms with van der Waals surface area (Å²) >= 11 is 1.23. The highest BCUT2D eigenvalue weighted by atomic mass is 32.1. The van der Waals surface area contributed by atoms with E-state index >= 15 is 0 Å². The minimum atomic E-state index is -2.74. The highest BCUT2D eigenvalue weighted by Gasteiger charge is 2.44. The zero-order valence-electron chi connectivity index (χ0n) is 28.1. The second-order valence-corrected chi connectivity index (χ2v) is 14.3. The van der Waals surface area contributed by atoms with Gasteiger partial charge >= 0.3 is 23.6 Å². The first-order valence-electron chi connectivity index (χ1n) is 16.0. The van der Waals surface area contributed by atoms with Gasteiger partial charge in [0, 0.05) is 47.4 Å². The number of para-hydroxylation sites is 2. The lowest BCUT2D eigenvalue weighted by molar-refractivity contribution is -0.170. The van der Waals surface area contributed by atoms with Crippen LogP contribution in [0.5, 0.6) is 0 Å². The molecule has 0 radical (unpaired) electrons. The van der Waals surface area contributed by atoms with E-state index in [1.165, 1.54) is 16.9 Å². The number of imidazole rings is 1. The summed E-state index contributed by atoms with van der Waals surface area (Å²) in [7, 11) is 0. The number of likely N-dealkylation sites (tertiary alicyclic amines) is 1.